The fraction of sp³-hybridized carbons (Fsp3) is 0.579. The molecular formula is C19H24N2O2. The van der Waals surface area contributed by atoms with Crippen LogP contribution in [0.2, 0.25) is 0 Å². The first-order chi connectivity index (χ1) is 11.1. The number of rotatable bonds is 1. The molecule has 1 fully saturated rings. The molecule has 23 heavy (non-hydrogen) atoms. The molecule has 0 spiro atoms. The number of aliphatic hydroxyl groups is 2. The molecule has 0 saturated carbocycles. The summed E-state index contributed by atoms with van der Waals surface area (Å²) in [7, 11) is 0. The highest BCUT2D eigenvalue weighted by molar-refractivity contribution is 5.86. The molecule has 3 aliphatic rings. The minimum Gasteiger partial charge on any atom is -0.393 e. The van der Waals surface area contributed by atoms with Gasteiger partial charge in [0, 0.05) is 29.5 Å². The Balaban J connectivity index is 1.85. The summed E-state index contributed by atoms with van der Waals surface area (Å²) < 4.78 is 2.16. The van der Waals surface area contributed by atoms with Gasteiger partial charge in [0.25, 0.3) is 0 Å². The molecule has 4 heteroatoms. The van der Waals surface area contributed by atoms with Crippen molar-refractivity contribution in [1.29, 1.82) is 0 Å². The van der Waals surface area contributed by atoms with Crippen LogP contribution in [0.5, 0.6) is 0 Å². The van der Waals surface area contributed by atoms with Crippen LogP contribution in [0.3, 0.4) is 0 Å². The molecule has 1 saturated heterocycles. The van der Waals surface area contributed by atoms with Crippen LogP contribution >= 0.6 is 0 Å². The maximum atomic E-state index is 11.0. The van der Waals surface area contributed by atoms with Gasteiger partial charge >= 0.3 is 0 Å². The molecule has 1 aromatic heterocycles. The van der Waals surface area contributed by atoms with Crippen molar-refractivity contribution in [2.75, 3.05) is 13.1 Å². The largest absolute Gasteiger partial charge is 0.393 e. The standard InChI is InChI=1S/C19H24N2O2/c1-12(22)19-8-4-9-20-10-7-14-13-5-2-3-6-15(13)21(16(23)11-19)17(14)18(19)20/h2-3,5-6,12,16,18,22-23H,4,7-11H2,1H3/t12-,16-,18-,19+/m1/s1. The third-order valence-corrected chi connectivity index (χ3v) is 6.66. The Morgan fingerprint density at radius 1 is 1.26 bits per heavy atom. The van der Waals surface area contributed by atoms with Gasteiger partial charge in [0.05, 0.1) is 17.7 Å². The van der Waals surface area contributed by atoms with E-state index in [1.54, 1.807) is 0 Å². The van der Waals surface area contributed by atoms with Gasteiger partial charge in [0.15, 0.2) is 0 Å². The highest BCUT2D eigenvalue weighted by atomic mass is 16.3. The van der Waals surface area contributed by atoms with Gasteiger partial charge in [-0.2, -0.15) is 0 Å². The van der Waals surface area contributed by atoms with Crippen LogP contribution in [0.15, 0.2) is 24.3 Å². The molecule has 4 nitrogen and oxygen atoms in total. The molecule has 0 bridgehead atoms. The number of hydrogen-bond acceptors (Lipinski definition) is 3. The van der Waals surface area contributed by atoms with Crippen LogP contribution in [-0.4, -0.2) is 38.9 Å². The number of hydrogen-bond donors (Lipinski definition) is 2. The predicted molar refractivity (Wildman–Crippen MR) is 89.2 cm³/mol. The number of aromatic nitrogens is 1. The van der Waals surface area contributed by atoms with E-state index in [9.17, 15) is 10.2 Å². The summed E-state index contributed by atoms with van der Waals surface area (Å²) in [6, 6.07) is 8.70. The molecule has 0 radical (unpaired) electrons. The molecule has 2 aromatic rings. The van der Waals surface area contributed by atoms with E-state index < -0.39 is 12.3 Å². The van der Waals surface area contributed by atoms with Crippen molar-refractivity contribution in [3.8, 4) is 0 Å². The van der Waals surface area contributed by atoms with Gasteiger partial charge in [-0.3, -0.25) is 4.90 Å². The Hall–Kier alpha value is -1.36. The molecule has 0 amide bonds. The summed E-state index contributed by atoms with van der Waals surface area (Å²) in [5, 5.41) is 22.9. The number of aliphatic hydroxyl groups excluding tert-OH is 2. The van der Waals surface area contributed by atoms with Gasteiger partial charge in [0.1, 0.15) is 6.23 Å². The highest BCUT2D eigenvalue weighted by Gasteiger charge is 2.55. The minimum absolute atomic E-state index is 0.211. The van der Waals surface area contributed by atoms with Crippen LogP contribution in [0.4, 0.5) is 0 Å². The van der Waals surface area contributed by atoms with E-state index >= 15 is 0 Å². The molecule has 5 rings (SSSR count). The van der Waals surface area contributed by atoms with Gasteiger partial charge in [-0.25, -0.2) is 0 Å². The Morgan fingerprint density at radius 3 is 2.91 bits per heavy atom. The molecule has 122 valence electrons. The van der Waals surface area contributed by atoms with Crippen molar-refractivity contribution < 1.29 is 10.2 Å². The lowest BCUT2D eigenvalue weighted by atomic mass is 9.63. The van der Waals surface area contributed by atoms with Gasteiger partial charge in [-0.15, -0.1) is 0 Å². The van der Waals surface area contributed by atoms with Crippen LogP contribution in [0, 0.1) is 5.41 Å². The van der Waals surface area contributed by atoms with Crippen molar-refractivity contribution >= 4 is 10.9 Å². The second-order valence-electron chi connectivity index (χ2n) is 7.64. The second-order valence-corrected chi connectivity index (χ2v) is 7.64. The lowest BCUT2D eigenvalue weighted by Gasteiger charge is -2.57. The van der Waals surface area contributed by atoms with E-state index in [4.69, 9.17) is 0 Å². The predicted octanol–water partition coefficient (Wildman–Crippen LogP) is 2.60. The van der Waals surface area contributed by atoms with Gasteiger partial charge < -0.3 is 14.8 Å². The first-order valence-corrected chi connectivity index (χ1v) is 8.85. The summed E-state index contributed by atoms with van der Waals surface area (Å²) in [5.74, 6) is 0. The summed E-state index contributed by atoms with van der Waals surface area (Å²) >= 11 is 0. The summed E-state index contributed by atoms with van der Waals surface area (Å²) in [6.45, 7) is 4.09. The van der Waals surface area contributed by atoms with Gasteiger partial charge in [-0.05, 0) is 44.4 Å². The van der Waals surface area contributed by atoms with Crippen molar-refractivity contribution in [2.24, 2.45) is 5.41 Å². The van der Waals surface area contributed by atoms with Crippen LogP contribution < -0.4 is 0 Å². The molecule has 4 atom stereocenters. The lowest BCUT2D eigenvalue weighted by Crippen LogP contribution is -2.57. The maximum Gasteiger partial charge on any atom is 0.131 e. The average molecular weight is 312 g/mol. The Labute approximate surface area is 136 Å². The smallest absolute Gasteiger partial charge is 0.131 e. The number of para-hydroxylation sites is 1. The topological polar surface area (TPSA) is 48.6 Å². The second kappa shape index (κ2) is 4.59. The van der Waals surface area contributed by atoms with Gasteiger partial charge in [-0.1, -0.05) is 18.2 Å². The molecule has 0 unspecified atom stereocenters. The SMILES string of the molecule is C[C@@H](O)[C@]12CCCN3CCc4c(n(c5ccccc45)[C@H](O)C1)[C@@H]32. The van der Waals surface area contributed by atoms with Crippen molar-refractivity contribution in [1.82, 2.24) is 9.47 Å². The Morgan fingerprint density at radius 2 is 2.09 bits per heavy atom. The van der Waals surface area contributed by atoms with Crippen molar-refractivity contribution in [2.45, 2.75) is 51.0 Å². The molecule has 4 heterocycles. The van der Waals surface area contributed by atoms with Crippen molar-refractivity contribution in [3.63, 3.8) is 0 Å². The van der Waals surface area contributed by atoms with Crippen LogP contribution in [0.1, 0.15) is 49.7 Å². The summed E-state index contributed by atoms with van der Waals surface area (Å²) in [4.78, 5) is 2.56. The normalized spacial score (nSPS) is 34.4. The van der Waals surface area contributed by atoms with E-state index in [0.29, 0.717) is 6.42 Å². The maximum absolute atomic E-state index is 11.0. The number of fused-ring (bicyclic) bond motifs is 3. The van der Waals surface area contributed by atoms with Crippen LogP contribution in [-0.2, 0) is 6.42 Å². The quantitative estimate of drug-likeness (QED) is 0.851. The number of piperidine rings is 1. The average Bonchev–Trinajstić information content (AvgIpc) is 2.89. The fourth-order valence-corrected chi connectivity index (χ4v) is 5.67. The Kier molecular flexibility index (Phi) is 2.80. The van der Waals surface area contributed by atoms with Crippen LogP contribution in [0.25, 0.3) is 10.9 Å². The van der Waals surface area contributed by atoms with Gasteiger partial charge in [0.2, 0.25) is 0 Å². The zero-order valence-electron chi connectivity index (χ0n) is 13.6. The van der Waals surface area contributed by atoms with E-state index in [-0.39, 0.29) is 11.5 Å². The van der Waals surface area contributed by atoms with Crippen molar-refractivity contribution in [3.05, 3.63) is 35.5 Å². The molecule has 0 aliphatic carbocycles. The lowest BCUT2D eigenvalue weighted by molar-refractivity contribution is -0.130. The third kappa shape index (κ3) is 1.61. The van der Waals surface area contributed by atoms with E-state index in [0.717, 1.165) is 37.9 Å². The highest BCUT2D eigenvalue weighted by Crippen LogP contribution is 2.59. The zero-order valence-corrected chi connectivity index (χ0v) is 13.6. The van der Waals surface area contributed by atoms with E-state index in [1.807, 2.05) is 6.92 Å². The number of benzene rings is 1. The van der Waals surface area contributed by atoms with E-state index in [1.165, 1.54) is 16.6 Å². The van der Waals surface area contributed by atoms with E-state index in [2.05, 4.69) is 33.7 Å². The first-order valence-electron chi connectivity index (χ1n) is 8.85. The summed E-state index contributed by atoms with van der Waals surface area (Å²) in [5.41, 5.74) is 3.61. The molecule has 1 aromatic carbocycles. The molecule has 2 N–H and O–H groups in total. The zero-order chi connectivity index (χ0) is 15.8. The monoisotopic (exact) mass is 312 g/mol. The Bertz CT molecular complexity index is 781. The number of nitrogens with zero attached hydrogens (tertiary/aromatic N) is 2. The first kappa shape index (κ1) is 14.0. The minimum atomic E-state index is -0.535. The fourth-order valence-electron chi connectivity index (χ4n) is 5.67. The molecule has 3 aliphatic heterocycles. The third-order valence-electron chi connectivity index (χ3n) is 6.66. The summed E-state index contributed by atoms with van der Waals surface area (Å²) in [6.07, 6.45) is 2.88. The molecular weight excluding hydrogens is 288 g/mol.